The van der Waals surface area contributed by atoms with E-state index in [4.69, 9.17) is 4.74 Å². The number of aryl methyl sites for hydroxylation is 1. The van der Waals surface area contributed by atoms with Gasteiger partial charge in [0.1, 0.15) is 0 Å². The number of halogens is 3. The van der Waals surface area contributed by atoms with E-state index < -0.39 is 17.7 Å². The summed E-state index contributed by atoms with van der Waals surface area (Å²) in [5.41, 5.74) is -1.41. The Hall–Kier alpha value is -2.45. The molecule has 1 unspecified atom stereocenters. The minimum absolute atomic E-state index is 0.193. The van der Waals surface area contributed by atoms with E-state index in [2.05, 4.69) is 9.88 Å². The average molecular weight is 421 g/mol. The second-order valence-electron chi connectivity index (χ2n) is 7.44. The number of pyridine rings is 1. The lowest BCUT2D eigenvalue weighted by Crippen LogP contribution is -2.57. The van der Waals surface area contributed by atoms with Crippen molar-refractivity contribution < 1.29 is 22.7 Å². The molecule has 5 nitrogen and oxygen atoms in total. The van der Waals surface area contributed by atoms with Crippen molar-refractivity contribution in [1.82, 2.24) is 14.8 Å². The van der Waals surface area contributed by atoms with E-state index in [-0.39, 0.29) is 18.7 Å². The molecule has 1 fully saturated rings. The van der Waals surface area contributed by atoms with E-state index in [1.165, 1.54) is 29.2 Å². The molecule has 1 atom stereocenters. The number of carbonyl (C=O) groups is 1. The van der Waals surface area contributed by atoms with E-state index in [1.54, 1.807) is 6.07 Å². The number of hydrogen-bond acceptors (Lipinski definition) is 4. The second kappa shape index (κ2) is 9.14. The number of alkyl halides is 3. The van der Waals surface area contributed by atoms with Crippen molar-refractivity contribution in [3.8, 4) is 0 Å². The molecule has 0 aliphatic carbocycles. The molecular formula is C22H26F3N3O2. The first-order chi connectivity index (χ1) is 14.3. The SMILES string of the molecule is COC(C(=O)N1CCCN(Cc2cccc(C)n2)CC1)(c1ccccc1)C(F)(F)F. The van der Waals surface area contributed by atoms with Gasteiger partial charge in [0, 0.05) is 51.1 Å². The maximum absolute atomic E-state index is 14.2. The summed E-state index contributed by atoms with van der Waals surface area (Å²) >= 11 is 0. The van der Waals surface area contributed by atoms with Crippen molar-refractivity contribution >= 4 is 5.91 Å². The summed E-state index contributed by atoms with van der Waals surface area (Å²) < 4.78 is 47.5. The maximum Gasteiger partial charge on any atom is 0.430 e. The predicted octanol–water partition coefficient (Wildman–Crippen LogP) is 3.53. The molecule has 0 saturated carbocycles. The summed E-state index contributed by atoms with van der Waals surface area (Å²) in [7, 11) is 0.936. The van der Waals surface area contributed by atoms with Crippen LogP contribution >= 0.6 is 0 Å². The molecule has 0 N–H and O–H groups in total. The van der Waals surface area contributed by atoms with E-state index in [1.807, 2.05) is 25.1 Å². The number of ether oxygens (including phenoxy) is 1. The van der Waals surface area contributed by atoms with Crippen LogP contribution in [0.3, 0.4) is 0 Å². The van der Waals surface area contributed by atoms with E-state index in [0.717, 1.165) is 18.5 Å². The number of rotatable bonds is 5. The van der Waals surface area contributed by atoms with E-state index >= 15 is 0 Å². The third kappa shape index (κ3) is 4.49. The van der Waals surface area contributed by atoms with Gasteiger partial charge in [-0.25, -0.2) is 0 Å². The number of benzene rings is 1. The van der Waals surface area contributed by atoms with Gasteiger partial charge < -0.3 is 9.64 Å². The van der Waals surface area contributed by atoms with Gasteiger partial charge in [0.25, 0.3) is 11.5 Å². The van der Waals surface area contributed by atoms with Gasteiger partial charge in [-0.05, 0) is 25.5 Å². The molecule has 2 aromatic rings. The van der Waals surface area contributed by atoms with Gasteiger partial charge in [-0.3, -0.25) is 14.7 Å². The first-order valence-corrected chi connectivity index (χ1v) is 9.89. The highest BCUT2D eigenvalue weighted by Gasteiger charge is 2.63. The van der Waals surface area contributed by atoms with E-state index in [9.17, 15) is 18.0 Å². The lowest BCUT2D eigenvalue weighted by atomic mass is 9.91. The molecule has 1 aliphatic rings. The molecule has 0 bridgehead atoms. The van der Waals surface area contributed by atoms with Crippen molar-refractivity contribution in [1.29, 1.82) is 0 Å². The summed E-state index contributed by atoms with van der Waals surface area (Å²) in [4.78, 5) is 21.1. The number of methoxy groups -OCH3 is 1. The smallest absolute Gasteiger partial charge is 0.356 e. The monoisotopic (exact) mass is 421 g/mol. The predicted molar refractivity (Wildman–Crippen MR) is 107 cm³/mol. The van der Waals surface area contributed by atoms with Gasteiger partial charge in [0.2, 0.25) is 0 Å². The Morgan fingerprint density at radius 2 is 1.77 bits per heavy atom. The van der Waals surface area contributed by atoms with E-state index in [0.29, 0.717) is 26.1 Å². The van der Waals surface area contributed by atoms with Gasteiger partial charge in [0.15, 0.2) is 0 Å². The van der Waals surface area contributed by atoms with Crippen molar-refractivity contribution in [2.45, 2.75) is 31.7 Å². The Kier molecular flexibility index (Phi) is 6.77. The molecule has 1 aliphatic heterocycles. The highest BCUT2D eigenvalue weighted by molar-refractivity contribution is 5.87. The Balaban J connectivity index is 1.79. The molecule has 1 aromatic carbocycles. The van der Waals surface area contributed by atoms with Crippen molar-refractivity contribution in [2.24, 2.45) is 0 Å². The van der Waals surface area contributed by atoms with Crippen LogP contribution in [0.4, 0.5) is 13.2 Å². The fraction of sp³-hybridized carbons (Fsp3) is 0.455. The zero-order valence-corrected chi connectivity index (χ0v) is 17.2. The molecule has 2 heterocycles. The number of carbonyl (C=O) groups excluding carboxylic acids is 1. The zero-order valence-electron chi connectivity index (χ0n) is 17.2. The van der Waals surface area contributed by atoms with Crippen LogP contribution in [0, 0.1) is 6.92 Å². The summed E-state index contributed by atoms with van der Waals surface area (Å²) in [6.45, 7) is 4.09. The summed E-state index contributed by atoms with van der Waals surface area (Å²) in [5.74, 6) is -1.07. The Bertz CT molecular complexity index is 860. The first kappa shape index (κ1) is 22.2. The van der Waals surface area contributed by atoms with Gasteiger partial charge in [-0.15, -0.1) is 0 Å². The molecule has 1 aromatic heterocycles. The molecule has 30 heavy (non-hydrogen) atoms. The molecule has 1 amide bonds. The Labute approximate surface area is 174 Å². The molecule has 0 radical (unpaired) electrons. The lowest BCUT2D eigenvalue weighted by Gasteiger charge is -2.37. The number of hydrogen-bond donors (Lipinski definition) is 0. The van der Waals surface area contributed by atoms with Crippen LogP contribution in [-0.2, 0) is 21.7 Å². The quantitative estimate of drug-likeness (QED) is 0.741. The molecule has 162 valence electrons. The van der Waals surface area contributed by atoms with Crippen LogP contribution in [-0.4, -0.2) is 60.2 Å². The Morgan fingerprint density at radius 1 is 1.03 bits per heavy atom. The average Bonchev–Trinajstić information content (AvgIpc) is 2.94. The minimum Gasteiger partial charge on any atom is -0.356 e. The third-order valence-electron chi connectivity index (χ3n) is 5.39. The van der Waals surface area contributed by atoms with Crippen molar-refractivity contribution in [2.75, 3.05) is 33.3 Å². The van der Waals surface area contributed by atoms with Crippen molar-refractivity contribution in [3.63, 3.8) is 0 Å². The molecule has 0 spiro atoms. The molecular weight excluding hydrogens is 395 g/mol. The van der Waals surface area contributed by atoms with Crippen LogP contribution in [0.1, 0.15) is 23.4 Å². The summed E-state index contributed by atoms with van der Waals surface area (Å²) in [6, 6.07) is 12.9. The van der Waals surface area contributed by atoms with Gasteiger partial charge in [-0.2, -0.15) is 13.2 Å². The van der Waals surface area contributed by atoms with Crippen LogP contribution in [0.15, 0.2) is 48.5 Å². The highest BCUT2D eigenvalue weighted by Crippen LogP contribution is 2.43. The third-order valence-corrected chi connectivity index (χ3v) is 5.39. The largest absolute Gasteiger partial charge is 0.430 e. The maximum atomic E-state index is 14.2. The fourth-order valence-corrected chi connectivity index (χ4v) is 3.87. The van der Waals surface area contributed by atoms with Crippen LogP contribution in [0.25, 0.3) is 0 Å². The van der Waals surface area contributed by atoms with Crippen LogP contribution in [0.5, 0.6) is 0 Å². The molecule has 8 heteroatoms. The van der Waals surface area contributed by atoms with Crippen molar-refractivity contribution in [3.05, 3.63) is 65.5 Å². The summed E-state index contributed by atoms with van der Waals surface area (Å²) in [5, 5.41) is 0. The van der Waals surface area contributed by atoms with Gasteiger partial charge in [0.05, 0.1) is 5.69 Å². The molecule has 3 rings (SSSR count). The lowest BCUT2D eigenvalue weighted by molar-refractivity contribution is -0.270. The van der Waals surface area contributed by atoms with Gasteiger partial charge in [-0.1, -0.05) is 36.4 Å². The number of aromatic nitrogens is 1. The normalized spacial score (nSPS) is 18.0. The highest BCUT2D eigenvalue weighted by atomic mass is 19.4. The molecule has 1 saturated heterocycles. The van der Waals surface area contributed by atoms with Crippen LogP contribution in [0.2, 0.25) is 0 Å². The summed E-state index contributed by atoms with van der Waals surface area (Å²) in [6.07, 6.45) is -4.32. The second-order valence-corrected chi connectivity index (χ2v) is 7.44. The zero-order chi connectivity index (χ0) is 21.8. The number of amides is 1. The fourth-order valence-electron chi connectivity index (χ4n) is 3.87. The Morgan fingerprint density at radius 3 is 2.40 bits per heavy atom. The first-order valence-electron chi connectivity index (χ1n) is 9.89. The number of nitrogens with zero attached hydrogens (tertiary/aromatic N) is 3. The standard InChI is InChI=1S/C22H26F3N3O2/c1-17-8-6-11-19(26-17)16-27-12-7-13-28(15-14-27)20(29)21(30-2,22(23,24)25)18-9-4-3-5-10-18/h3-6,8-11H,7,12-16H2,1-2H3. The minimum atomic E-state index is -4.89. The topological polar surface area (TPSA) is 45.7 Å². The van der Waals surface area contributed by atoms with Gasteiger partial charge >= 0.3 is 6.18 Å². The van der Waals surface area contributed by atoms with Crippen LogP contribution < -0.4 is 0 Å².